The number of amides is 1. The second-order valence-electron chi connectivity index (χ2n) is 12.0. The van der Waals surface area contributed by atoms with Gasteiger partial charge in [0.2, 0.25) is 0 Å². The van der Waals surface area contributed by atoms with Gasteiger partial charge in [0.1, 0.15) is 6.61 Å². The third-order valence-corrected chi connectivity index (χ3v) is 8.88. The molecule has 0 spiro atoms. The average molecular weight is 622 g/mol. The molecule has 0 saturated carbocycles. The van der Waals surface area contributed by atoms with Crippen molar-refractivity contribution < 1.29 is 14.6 Å². The molecular weight excluding hydrogens is 586 g/mol. The molecule has 5 aromatic carbocycles. The Morgan fingerprint density at radius 2 is 1.32 bits per heavy atom. The lowest BCUT2D eigenvalue weighted by atomic mass is 9.75. The van der Waals surface area contributed by atoms with E-state index in [0.717, 1.165) is 33.4 Å². The minimum absolute atomic E-state index is 0.107. The Morgan fingerprint density at radius 1 is 0.787 bits per heavy atom. The van der Waals surface area contributed by atoms with Crippen LogP contribution in [-0.2, 0) is 35.3 Å². The fourth-order valence-electron chi connectivity index (χ4n) is 6.81. The Balaban J connectivity index is 1.22. The van der Waals surface area contributed by atoms with Crippen LogP contribution in [0.15, 0.2) is 146 Å². The molecular formula is C39H35N5O3. The molecule has 6 aromatic rings. The molecule has 1 aromatic heterocycles. The molecule has 1 aliphatic carbocycles. The highest BCUT2D eigenvalue weighted by molar-refractivity contribution is 5.68. The number of nitrogens with one attached hydrogen (secondary N) is 1. The summed E-state index contributed by atoms with van der Waals surface area (Å²) in [7, 11) is 0. The Kier molecular flexibility index (Phi) is 8.33. The van der Waals surface area contributed by atoms with Gasteiger partial charge in [0.25, 0.3) is 0 Å². The van der Waals surface area contributed by atoms with Gasteiger partial charge in [-0.05, 0) is 45.0 Å². The predicted molar refractivity (Wildman–Crippen MR) is 178 cm³/mol. The van der Waals surface area contributed by atoms with Crippen molar-refractivity contribution in [2.24, 2.45) is 0 Å². The van der Waals surface area contributed by atoms with Crippen molar-refractivity contribution in [3.8, 4) is 0 Å². The Labute approximate surface area is 273 Å². The molecule has 1 aliphatic rings. The van der Waals surface area contributed by atoms with Crippen LogP contribution in [0, 0.1) is 0 Å². The molecule has 0 unspecified atom stereocenters. The first-order valence-electron chi connectivity index (χ1n) is 15.8. The number of hydrogen-bond acceptors (Lipinski definition) is 6. The average Bonchev–Trinajstić information content (AvgIpc) is 3.57. The number of rotatable bonds is 9. The van der Waals surface area contributed by atoms with Crippen molar-refractivity contribution in [1.82, 2.24) is 25.5 Å². The molecule has 0 saturated heterocycles. The lowest BCUT2D eigenvalue weighted by Crippen LogP contribution is -2.47. The largest absolute Gasteiger partial charge is 0.445 e. The molecule has 0 bridgehead atoms. The van der Waals surface area contributed by atoms with Gasteiger partial charge in [0.05, 0.1) is 5.60 Å². The summed E-state index contributed by atoms with van der Waals surface area (Å²) < 4.78 is 5.50. The molecule has 0 fully saturated rings. The Bertz CT molecular complexity index is 1840. The quantitative estimate of drug-likeness (QED) is 0.187. The number of alkyl carbamates (subject to hydrolysis) is 1. The highest BCUT2D eigenvalue weighted by Gasteiger charge is 2.43. The van der Waals surface area contributed by atoms with Gasteiger partial charge < -0.3 is 15.2 Å². The zero-order valence-corrected chi connectivity index (χ0v) is 25.8. The van der Waals surface area contributed by atoms with Gasteiger partial charge in [-0.15, -0.1) is 15.0 Å². The number of aromatic nitrogens is 4. The summed E-state index contributed by atoms with van der Waals surface area (Å²) in [6, 6.07) is 47.4. The van der Waals surface area contributed by atoms with E-state index in [2.05, 4.69) is 52.0 Å². The highest BCUT2D eigenvalue weighted by atomic mass is 16.5. The van der Waals surface area contributed by atoms with E-state index >= 15 is 0 Å². The maximum absolute atomic E-state index is 12.8. The SMILES string of the molecule is O=C(N[C@@H]1Cc2ccccc2[C@](O)(Cc2nnn(C(c3ccccc3)(c3ccccc3)c3ccccc3)n2)C1)OCc1ccccc1. The number of benzene rings is 5. The second kappa shape index (κ2) is 13.0. The van der Waals surface area contributed by atoms with Gasteiger partial charge >= 0.3 is 6.09 Å². The summed E-state index contributed by atoms with van der Waals surface area (Å²) in [5.74, 6) is 0.391. The number of fused-ring (bicyclic) bond motifs is 1. The summed E-state index contributed by atoms with van der Waals surface area (Å²) >= 11 is 0. The molecule has 0 radical (unpaired) electrons. The molecule has 47 heavy (non-hydrogen) atoms. The van der Waals surface area contributed by atoms with Crippen LogP contribution in [-0.4, -0.2) is 37.4 Å². The van der Waals surface area contributed by atoms with Crippen molar-refractivity contribution in [2.75, 3.05) is 0 Å². The summed E-state index contributed by atoms with van der Waals surface area (Å²) in [5.41, 5.74) is 3.30. The maximum atomic E-state index is 12.8. The fraction of sp³-hybridized carbons (Fsp3) is 0.179. The van der Waals surface area contributed by atoms with E-state index in [1.54, 1.807) is 4.80 Å². The Morgan fingerprint density at radius 3 is 1.91 bits per heavy atom. The molecule has 8 heteroatoms. The second-order valence-corrected chi connectivity index (χ2v) is 12.0. The van der Waals surface area contributed by atoms with Gasteiger partial charge in [0.15, 0.2) is 11.4 Å². The number of carbonyl (C=O) groups excluding carboxylic acids is 1. The van der Waals surface area contributed by atoms with E-state index in [-0.39, 0.29) is 25.5 Å². The van der Waals surface area contributed by atoms with Crippen LogP contribution in [0.25, 0.3) is 0 Å². The van der Waals surface area contributed by atoms with E-state index < -0.39 is 17.2 Å². The lowest BCUT2D eigenvalue weighted by molar-refractivity contribution is 0.00699. The first kappa shape index (κ1) is 30.1. The van der Waals surface area contributed by atoms with Gasteiger partial charge in [-0.3, -0.25) is 0 Å². The third kappa shape index (κ3) is 6.03. The molecule has 7 rings (SSSR count). The molecule has 2 atom stereocenters. The first-order chi connectivity index (χ1) is 23.0. The summed E-state index contributed by atoms with van der Waals surface area (Å²) in [4.78, 5) is 14.5. The number of ether oxygens (including phenoxy) is 1. The number of tetrazole rings is 1. The predicted octanol–water partition coefficient (Wildman–Crippen LogP) is 6.18. The van der Waals surface area contributed by atoms with Crippen LogP contribution >= 0.6 is 0 Å². The van der Waals surface area contributed by atoms with E-state index in [1.165, 1.54) is 0 Å². The molecule has 234 valence electrons. The standard InChI is InChI=1S/C39H35N5O3/c45-37(47-28-29-15-5-1-6-16-29)40-34-25-30-17-13-14-24-35(30)38(46,26-34)27-36-41-43-44(42-36)39(31-18-7-2-8-19-31,32-20-9-3-10-21-32)33-22-11-4-12-23-33/h1-24,34,46H,25-28H2,(H,40,45)/t34-,38-/m1/s1. The zero-order valence-electron chi connectivity index (χ0n) is 25.8. The third-order valence-electron chi connectivity index (χ3n) is 8.88. The number of nitrogens with zero attached hydrogens (tertiary/aromatic N) is 4. The van der Waals surface area contributed by atoms with Crippen LogP contribution in [0.4, 0.5) is 4.79 Å². The maximum Gasteiger partial charge on any atom is 0.407 e. The first-order valence-corrected chi connectivity index (χ1v) is 15.8. The van der Waals surface area contributed by atoms with Crippen molar-refractivity contribution >= 4 is 6.09 Å². The van der Waals surface area contributed by atoms with E-state index in [1.807, 2.05) is 109 Å². The normalized spacial score (nSPS) is 17.4. The van der Waals surface area contributed by atoms with E-state index in [4.69, 9.17) is 9.84 Å². The van der Waals surface area contributed by atoms with Crippen LogP contribution < -0.4 is 5.32 Å². The van der Waals surface area contributed by atoms with Crippen LogP contribution in [0.5, 0.6) is 0 Å². The van der Waals surface area contributed by atoms with Crippen molar-refractivity contribution in [2.45, 2.75) is 43.1 Å². The number of aliphatic hydroxyl groups is 1. The number of carbonyl (C=O) groups is 1. The number of hydrogen-bond donors (Lipinski definition) is 2. The minimum atomic E-state index is -1.35. The molecule has 0 aliphatic heterocycles. The fourth-order valence-corrected chi connectivity index (χ4v) is 6.81. The topological polar surface area (TPSA) is 102 Å². The molecule has 8 nitrogen and oxygen atoms in total. The summed E-state index contributed by atoms with van der Waals surface area (Å²) in [6.07, 6.45) is 0.414. The molecule has 1 amide bonds. The van der Waals surface area contributed by atoms with Crippen molar-refractivity contribution in [3.05, 3.63) is 185 Å². The van der Waals surface area contributed by atoms with Crippen LogP contribution in [0.3, 0.4) is 0 Å². The van der Waals surface area contributed by atoms with Crippen molar-refractivity contribution in [3.63, 3.8) is 0 Å². The van der Waals surface area contributed by atoms with Gasteiger partial charge in [0, 0.05) is 18.9 Å². The van der Waals surface area contributed by atoms with Crippen molar-refractivity contribution in [1.29, 1.82) is 0 Å². The molecule has 2 N–H and O–H groups in total. The van der Waals surface area contributed by atoms with Gasteiger partial charge in [-0.1, -0.05) is 146 Å². The van der Waals surface area contributed by atoms with Gasteiger partial charge in [-0.2, -0.15) is 0 Å². The summed E-state index contributed by atoms with van der Waals surface area (Å²) in [5, 5.41) is 29.5. The monoisotopic (exact) mass is 621 g/mol. The van der Waals surface area contributed by atoms with Crippen LogP contribution in [0.1, 0.15) is 45.6 Å². The van der Waals surface area contributed by atoms with E-state index in [9.17, 15) is 9.90 Å². The summed E-state index contributed by atoms with van der Waals surface area (Å²) in [6.45, 7) is 0.166. The highest BCUT2D eigenvalue weighted by Crippen LogP contribution is 2.41. The Hall–Kier alpha value is -5.60. The zero-order chi connectivity index (χ0) is 32.1. The smallest absolute Gasteiger partial charge is 0.407 e. The van der Waals surface area contributed by atoms with Crippen LogP contribution in [0.2, 0.25) is 0 Å². The van der Waals surface area contributed by atoms with E-state index in [0.29, 0.717) is 12.2 Å². The van der Waals surface area contributed by atoms with Gasteiger partial charge in [-0.25, -0.2) is 4.79 Å². The molecule has 1 heterocycles. The lowest BCUT2D eigenvalue weighted by Gasteiger charge is -2.38. The minimum Gasteiger partial charge on any atom is -0.445 e.